The third kappa shape index (κ3) is 5.79. The van der Waals surface area contributed by atoms with Crippen LogP contribution in [0.3, 0.4) is 0 Å². The minimum Gasteiger partial charge on any atom is -0.256 e. The van der Waals surface area contributed by atoms with Gasteiger partial charge in [-0.1, -0.05) is 114 Å². The van der Waals surface area contributed by atoms with Crippen LogP contribution < -0.4 is 0 Å². The molecule has 7 rings (SSSR count). The predicted octanol–water partition coefficient (Wildman–Crippen LogP) is 9.89. The van der Waals surface area contributed by atoms with Gasteiger partial charge in [0.2, 0.25) is 0 Å². The maximum Gasteiger partial charge on any atom is 0.164 e. The Balaban J connectivity index is 1.43. The standard InChI is InChI=1S/C40H30N4/c1-27-14-18-30(19-15-27)38-42-39(31-20-16-28(2)17-21-31)44-40(43-38)36-25-34(29-9-4-3-5-10-29)24-35(26-36)32-11-8-12-33(23-32)37-13-6-7-22-41-37/h3-26H,1-2H3. The molecule has 0 amide bonds. The minimum absolute atomic E-state index is 0.631. The summed E-state index contributed by atoms with van der Waals surface area (Å²) in [5, 5.41) is 0. The van der Waals surface area contributed by atoms with Crippen LogP contribution in [0, 0.1) is 13.8 Å². The highest BCUT2D eigenvalue weighted by Gasteiger charge is 2.15. The van der Waals surface area contributed by atoms with Gasteiger partial charge >= 0.3 is 0 Å². The van der Waals surface area contributed by atoms with E-state index in [1.807, 2.05) is 30.5 Å². The summed E-state index contributed by atoms with van der Waals surface area (Å²) in [4.78, 5) is 19.6. The number of rotatable bonds is 6. The molecule has 0 radical (unpaired) electrons. The van der Waals surface area contributed by atoms with E-state index >= 15 is 0 Å². The zero-order valence-electron chi connectivity index (χ0n) is 24.6. The van der Waals surface area contributed by atoms with Crippen LogP contribution in [-0.2, 0) is 0 Å². The van der Waals surface area contributed by atoms with Crippen molar-refractivity contribution in [1.29, 1.82) is 0 Å². The lowest BCUT2D eigenvalue weighted by Gasteiger charge is -2.13. The van der Waals surface area contributed by atoms with Gasteiger partial charge < -0.3 is 0 Å². The Morgan fingerprint density at radius 2 is 0.818 bits per heavy atom. The Bertz CT molecular complexity index is 1990. The Morgan fingerprint density at radius 1 is 0.341 bits per heavy atom. The van der Waals surface area contributed by atoms with Crippen molar-refractivity contribution in [2.24, 2.45) is 0 Å². The van der Waals surface area contributed by atoms with Gasteiger partial charge in [0.05, 0.1) is 5.69 Å². The second kappa shape index (κ2) is 11.9. The SMILES string of the molecule is Cc1ccc(-c2nc(-c3ccc(C)cc3)nc(-c3cc(-c4ccccc4)cc(-c4cccc(-c5ccccn5)c4)c3)n2)cc1. The number of nitrogens with zero attached hydrogens (tertiary/aromatic N) is 4. The van der Waals surface area contributed by atoms with Gasteiger partial charge in [-0.25, -0.2) is 15.0 Å². The van der Waals surface area contributed by atoms with E-state index in [1.165, 1.54) is 11.1 Å². The molecular weight excluding hydrogens is 536 g/mol. The summed E-state index contributed by atoms with van der Waals surface area (Å²) in [6.07, 6.45) is 1.83. The Kier molecular flexibility index (Phi) is 7.31. The molecule has 0 saturated carbocycles. The number of aryl methyl sites for hydroxylation is 2. The fraction of sp³-hybridized carbons (Fsp3) is 0.0500. The highest BCUT2D eigenvalue weighted by molar-refractivity contribution is 5.82. The van der Waals surface area contributed by atoms with E-state index in [9.17, 15) is 0 Å². The van der Waals surface area contributed by atoms with Crippen molar-refractivity contribution in [3.63, 3.8) is 0 Å². The van der Waals surface area contributed by atoms with Crippen LogP contribution in [0.1, 0.15) is 11.1 Å². The molecule has 0 spiro atoms. The number of hydrogen-bond acceptors (Lipinski definition) is 4. The van der Waals surface area contributed by atoms with Gasteiger partial charge in [-0.15, -0.1) is 0 Å². The van der Waals surface area contributed by atoms with E-state index in [4.69, 9.17) is 15.0 Å². The fourth-order valence-electron chi connectivity index (χ4n) is 5.28. The molecule has 0 aliphatic rings. The van der Waals surface area contributed by atoms with Gasteiger partial charge in [-0.2, -0.15) is 0 Å². The smallest absolute Gasteiger partial charge is 0.164 e. The van der Waals surface area contributed by atoms with E-state index in [-0.39, 0.29) is 0 Å². The van der Waals surface area contributed by atoms with E-state index in [1.54, 1.807) is 0 Å². The van der Waals surface area contributed by atoms with Crippen molar-refractivity contribution in [2.45, 2.75) is 13.8 Å². The van der Waals surface area contributed by atoms with Crippen molar-refractivity contribution in [1.82, 2.24) is 19.9 Å². The molecule has 0 unspecified atom stereocenters. The molecule has 4 heteroatoms. The summed E-state index contributed by atoms with van der Waals surface area (Å²) in [6.45, 7) is 4.17. The van der Waals surface area contributed by atoms with E-state index in [0.29, 0.717) is 17.5 Å². The Labute approximate surface area is 257 Å². The summed E-state index contributed by atoms with van der Waals surface area (Å²) >= 11 is 0. The molecule has 210 valence electrons. The van der Waals surface area contributed by atoms with Gasteiger partial charge in [0.25, 0.3) is 0 Å². The lowest BCUT2D eigenvalue weighted by molar-refractivity contribution is 1.07. The molecule has 4 nitrogen and oxygen atoms in total. The first-order valence-corrected chi connectivity index (χ1v) is 14.7. The highest BCUT2D eigenvalue weighted by Crippen LogP contribution is 2.34. The number of benzene rings is 5. The molecule has 0 aliphatic heterocycles. The lowest BCUT2D eigenvalue weighted by atomic mass is 9.94. The van der Waals surface area contributed by atoms with Gasteiger partial charge in [-0.05, 0) is 72.5 Å². The van der Waals surface area contributed by atoms with Gasteiger partial charge in [-0.3, -0.25) is 4.98 Å². The lowest BCUT2D eigenvalue weighted by Crippen LogP contribution is -2.00. The molecule has 0 N–H and O–H groups in total. The first-order chi connectivity index (χ1) is 21.6. The fourth-order valence-corrected chi connectivity index (χ4v) is 5.28. The molecule has 0 bridgehead atoms. The monoisotopic (exact) mass is 566 g/mol. The largest absolute Gasteiger partial charge is 0.256 e. The molecule has 0 atom stereocenters. The summed E-state index contributed by atoms with van der Waals surface area (Å²) in [7, 11) is 0. The van der Waals surface area contributed by atoms with Gasteiger partial charge in [0, 0.05) is 28.5 Å². The van der Waals surface area contributed by atoms with Crippen molar-refractivity contribution >= 4 is 0 Å². The molecule has 44 heavy (non-hydrogen) atoms. The molecule has 2 aromatic heterocycles. The summed E-state index contributed by atoms with van der Waals surface area (Å²) < 4.78 is 0. The van der Waals surface area contributed by atoms with Gasteiger partial charge in [0.1, 0.15) is 0 Å². The van der Waals surface area contributed by atoms with Gasteiger partial charge in [0.15, 0.2) is 17.5 Å². The quantitative estimate of drug-likeness (QED) is 0.201. The van der Waals surface area contributed by atoms with E-state index in [0.717, 1.165) is 50.2 Å². The third-order valence-electron chi connectivity index (χ3n) is 7.71. The second-order valence-corrected chi connectivity index (χ2v) is 11.0. The van der Waals surface area contributed by atoms with Crippen molar-refractivity contribution in [2.75, 3.05) is 0 Å². The molecule has 0 fully saturated rings. The Hall–Kier alpha value is -5.74. The maximum atomic E-state index is 5.05. The normalized spacial score (nSPS) is 11.0. The average Bonchev–Trinajstić information content (AvgIpc) is 3.09. The topological polar surface area (TPSA) is 51.6 Å². The zero-order valence-corrected chi connectivity index (χ0v) is 24.6. The third-order valence-corrected chi connectivity index (χ3v) is 7.71. The molecule has 0 aliphatic carbocycles. The van der Waals surface area contributed by atoms with Crippen molar-refractivity contribution in [3.8, 4) is 67.7 Å². The van der Waals surface area contributed by atoms with Crippen LogP contribution in [0.4, 0.5) is 0 Å². The summed E-state index contributed by atoms with van der Waals surface area (Å²) in [5.41, 5.74) is 11.6. The highest BCUT2D eigenvalue weighted by atomic mass is 15.0. The predicted molar refractivity (Wildman–Crippen MR) is 180 cm³/mol. The van der Waals surface area contributed by atoms with Crippen LogP contribution >= 0.6 is 0 Å². The van der Waals surface area contributed by atoms with Crippen LogP contribution in [0.5, 0.6) is 0 Å². The van der Waals surface area contributed by atoms with Crippen molar-refractivity contribution in [3.05, 3.63) is 157 Å². The van der Waals surface area contributed by atoms with Crippen LogP contribution in [0.15, 0.2) is 146 Å². The Morgan fingerprint density at radius 3 is 1.41 bits per heavy atom. The summed E-state index contributed by atoms with van der Waals surface area (Å²) in [5.74, 6) is 1.93. The second-order valence-electron chi connectivity index (χ2n) is 11.0. The van der Waals surface area contributed by atoms with E-state index < -0.39 is 0 Å². The van der Waals surface area contributed by atoms with Crippen molar-refractivity contribution < 1.29 is 0 Å². The first-order valence-electron chi connectivity index (χ1n) is 14.7. The molecule has 2 heterocycles. The minimum atomic E-state index is 0.631. The molecule has 0 saturated heterocycles. The summed E-state index contributed by atoms with van der Waals surface area (Å²) in [6, 6.07) is 48.2. The first kappa shape index (κ1) is 27.1. The molecule has 5 aromatic carbocycles. The number of pyridine rings is 1. The van der Waals surface area contributed by atoms with Crippen LogP contribution in [0.2, 0.25) is 0 Å². The van der Waals surface area contributed by atoms with E-state index in [2.05, 4.69) is 134 Å². The average molecular weight is 567 g/mol. The van der Waals surface area contributed by atoms with Crippen LogP contribution in [-0.4, -0.2) is 19.9 Å². The zero-order chi connectivity index (χ0) is 29.9. The number of aromatic nitrogens is 4. The van der Waals surface area contributed by atoms with Crippen LogP contribution in [0.25, 0.3) is 67.7 Å². The molecule has 7 aromatic rings. The number of hydrogen-bond donors (Lipinski definition) is 0. The maximum absolute atomic E-state index is 5.05. The molecular formula is C40H30N4.